The minimum absolute atomic E-state index is 0.0507. The molecule has 2 heterocycles. The Balaban J connectivity index is 2.05. The number of nitrogens with one attached hydrogen (secondary N) is 1. The van der Waals surface area contributed by atoms with Crippen molar-refractivity contribution in [3.8, 4) is 5.75 Å². The molecule has 1 aromatic carbocycles. The quantitative estimate of drug-likeness (QED) is 0.926. The second kappa shape index (κ2) is 5.59. The first-order valence-electron chi connectivity index (χ1n) is 7.07. The average molecular weight is 269 g/mol. The molecule has 0 aliphatic carbocycles. The van der Waals surface area contributed by atoms with Gasteiger partial charge in [0.1, 0.15) is 11.6 Å². The fraction of sp³-hybridized carbons (Fsp3) is 0.375. The molecule has 1 aromatic heterocycles. The number of benzene rings is 1. The number of para-hydroxylation sites is 1. The molecule has 1 unspecified atom stereocenters. The van der Waals surface area contributed by atoms with E-state index in [-0.39, 0.29) is 6.04 Å². The van der Waals surface area contributed by atoms with Crippen molar-refractivity contribution in [1.82, 2.24) is 15.3 Å². The van der Waals surface area contributed by atoms with Crippen molar-refractivity contribution < 1.29 is 4.74 Å². The van der Waals surface area contributed by atoms with Crippen LogP contribution in [0.4, 0.5) is 0 Å². The highest BCUT2D eigenvalue weighted by Gasteiger charge is 2.23. The monoisotopic (exact) mass is 269 g/mol. The van der Waals surface area contributed by atoms with Gasteiger partial charge >= 0.3 is 0 Å². The third-order valence-corrected chi connectivity index (χ3v) is 3.56. The summed E-state index contributed by atoms with van der Waals surface area (Å²) in [6, 6.07) is 8.37. The lowest BCUT2D eigenvalue weighted by Crippen LogP contribution is -2.23. The van der Waals surface area contributed by atoms with Crippen LogP contribution in [0.5, 0.6) is 5.75 Å². The van der Waals surface area contributed by atoms with Crippen molar-refractivity contribution in [2.75, 3.05) is 13.2 Å². The minimum Gasteiger partial charge on any atom is -0.493 e. The maximum absolute atomic E-state index is 5.83. The van der Waals surface area contributed by atoms with E-state index in [1.165, 1.54) is 11.1 Å². The zero-order valence-electron chi connectivity index (χ0n) is 11.9. The first kappa shape index (κ1) is 13.1. The largest absolute Gasteiger partial charge is 0.493 e. The van der Waals surface area contributed by atoms with Gasteiger partial charge in [-0.2, -0.15) is 0 Å². The van der Waals surface area contributed by atoms with Crippen LogP contribution < -0.4 is 10.1 Å². The van der Waals surface area contributed by atoms with Crippen molar-refractivity contribution in [1.29, 1.82) is 0 Å². The lowest BCUT2D eigenvalue weighted by molar-refractivity contribution is 0.350. The van der Waals surface area contributed by atoms with Gasteiger partial charge in [0.2, 0.25) is 0 Å². The van der Waals surface area contributed by atoms with E-state index in [1.54, 1.807) is 0 Å². The summed E-state index contributed by atoms with van der Waals surface area (Å²) in [6.07, 6.45) is 2.80. The number of ether oxygens (including phenoxy) is 1. The molecule has 0 bridgehead atoms. The predicted molar refractivity (Wildman–Crippen MR) is 77.9 cm³/mol. The van der Waals surface area contributed by atoms with Gasteiger partial charge in [-0.15, -0.1) is 0 Å². The van der Waals surface area contributed by atoms with E-state index >= 15 is 0 Å². The molecule has 20 heavy (non-hydrogen) atoms. The average Bonchev–Trinajstić information content (AvgIpc) is 2.93. The van der Waals surface area contributed by atoms with E-state index in [2.05, 4.69) is 40.4 Å². The van der Waals surface area contributed by atoms with E-state index in [0.29, 0.717) is 0 Å². The van der Waals surface area contributed by atoms with Gasteiger partial charge < -0.3 is 10.1 Å². The Morgan fingerprint density at radius 3 is 3.05 bits per heavy atom. The number of fused-ring (bicyclic) bond motifs is 1. The van der Waals surface area contributed by atoms with Crippen LogP contribution in [0.3, 0.4) is 0 Å². The molecule has 4 nitrogen and oxygen atoms in total. The molecule has 3 rings (SSSR count). The molecule has 1 aliphatic rings. The van der Waals surface area contributed by atoms with Crippen LogP contribution in [0.15, 0.2) is 30.5 Å². The van der Waals surface area contributed by atoms with Gasteiger partial charge in [-0.05, 0) is 25.1 Å². The lowest BCUT2D eigenvalue weighted by atomic mass is 9.99. The van der Waals surface area contributed by atoms with E-state index in [9.17, 15) is 0 Å². The Morgan fingerprint density at radius 2 is 2.25 bits per heavy atom. The number of hydrogen-bond donors (Lipinski definition) is 1. The van der Waals surface area contributed by atoms with E-state index in [4.69, 9.17) is 4.74 Å². The highest BCUT2D eigenvalue weighted by molar-refractivity contribution is 5.47. The van der Waals surface area contributed by atoms with Crippen LogP contribution in [0.2, 0.25) is 0 Å². The number of nitrogens with zero attached hydrogens (tertiary/aromatic N) is 2. The van der Waals surface area contributed by atoms with Gasteiger partial charge in [-0.1, -0.05) is 25.1 Å². The Hall–Kier alpha value is -1.94. The summed E-state index contributed by atoms with van der Waals surface area (Å²) in [5, 5.41) is 3.50. The predicted octanol–water partition coefficient (Wildman–Crippen LogP) is 2.42. The molecule has 0 saturated carbocycles. The Labute approximate surface area is 119 Å². The smallest absolute Gasteiger partial charge is 0.127 e. The molecule has 0 fully saturated rings. The summed E-state index contributed by atoms with van der Waals surface area (Å²) < 4.78 is 5.83. The molecular formula is C16H19N3O. The van der Waals surface area contributed by atoms with Crippen molar-refractivity contribution in [3.63, 3.8) is 0 Å². The number of rotatable bonds is 4. The van der Waals surface area contributed by atoms with Crippen LogP contribution in [-0.4, -0.2) is 23.1 Å². The zero-order valence-corrected chi connectivity index (χ0v) is 11.9. The first-order valence-corrected chi connectivity index (χ1v) is 7.07. The topological polar surface area (TPSA) is 47.0 Å². The summed E-state index contributed by atoms with van der Waals surface area (Å²) in [5.41, 5.74) is 3.44. The molecule has 1 N–H and O–H groups in total. The minimum atomic E-state index is 0.0507. The number of hydrogen-bond acceptors (Lipinski definition) is 4. The van der Waals surface area contributed by atoms with E-state index < -0.39 is 0 Å². The summed E-state index contributed by atoms with van der Waals surface area (Å²) in [7, 11) is 0. The van der Waals surface area contributed by atoms with Gasteiger partial charge in [0.05, 0.1) is 18.3 Å². The summed E-state index contributed by atoms with van der Waals surface area (Å²) in [6.45, 7) is 5.66. The lowest BCUT2D eigenvalue weighted by Gasteiger charge is -2.20. The van der Waals surface area contributed by atoms with Gasteiger partial charge in [-0.25, -0.2) is 9.97 Å². The third kappa shape index (κ3) is 2.39. The van der Waals surface area contributed by atoms with Crippen LogP contribution in [-0.2, 0) is 6.42 Å². The molecular weight excluding hydrogens is 250 g/mol. The highest BCUT2D eigenvalue weighted by Crippen LogP contribution is 2.35. The van der Waals surface area contributed by atoms with E-state index in [1.807, 2.05) is 19.2 Å². The fourth-order valence-corrected chi connectivity index (χ4v) is 2.68. The number of aryl methyl sites for hydroxylation is 1. The van der Waals surface area contributed by atoms with E-state index in [0.717, 1.165) is 36.8 Å². The second-order valence-electron chi connectivity index (χ2n) is 4.95. The van der Waals surface area contributed by atoms with Crippen LogP contribution in [0.25, 0.3) is 0 Å². The molecule has 1 aliphatic heterocycles. The maximum Gasteiger partial charge on any atom is 0.127 e. The number of aromatic nitrogens is 2. The SMILES string of the molecule is CCNC(c1ccnc(C)n1)c1cccc2c1OCC2. The van der Waals surface area contributed by atoms with Gasteiger partial charge in [0.25, 0.3) is 0 Å². The van der Waals surface area contributed by atoms with Crippen LogP contribution in [0, 0.1) is 6.92 Å². The maximum atomic E-state index is 5.83. The molecule has 4 heteroatoms. The molecule has 0 radical (unpaired) electrons. The summed E-state index contributed by atoms with van der Waals surface area (Å²) in [5.74, 6) is 1.81. The second-order valence-corrected chi connectivity index (χ2v) is 4.95. The van der Waals surface area contributed by atoms with Gasteiger partial charge in [0, 0.05) is 18.2 Å². The van der Waals surface area contributed by atoms with Crippen molar-refractivity contribution >= 4 is 0 Å². The Bertz CT molecular complexity index is 612. The van der Waals surface area contributed by atoms with Crippen molar-refractivity contribution in [2.24, 2.45) is 0 Å². The molecule has 0 amide bonds. The highest BCUT2D eigenvalue weighted by atomic mass is 16.5. The molecule has 104 valence electrons. The van der Waals surface area contributed by atoms with Crippen LogP contribution >= 0.6 is 0 Å². The summed E-state index contributed by atoms with van der Waals surface area (Å²) >= 11 is 0. The van der Waals surface area contributed by atoms with Crippen LogP contribution in [0.1, 0.15) is 35.6 Å². The standard InChI is InChI=1S/C16H19N3O/c1-3-17-15(14-7-9-18-11(2)19-14)13-6-4-5-12-8-10-20-16(12)13/h4-7,9,15,17H,3,8,10H2,1-2H3. The van der Waals surface area contributed by atoms with Crippen molar-refractivity contribution in [3.05, 3.63) is 53.1 Å². The van der Waals surface area contributed by atoms with Gasteiger partial charge in [0.15, 0.2) is 0 Å². The Kier molecular flexibility index (Phi) is 3.65. The third-order valence-electron chi connectivity index (χ3n) is 3.56. The van der Waals surface area contributed by atoms with Crippen molar-refractivity contribution in [2.45, 2.75) is 26.3 Å². The normalized spacial score (nSPS) is 14.7. The zero-order chi connectivity index (χ0) is 13.9. The first-order chi connectivity index (χ1) is 9.79. The van der Waals surface area contributed by atoms with Gasteiger partial charge in [-0.3, -0.25) is 0 Å². The summed E-state index contributed by atoms with van der Waals surface area (Å²) in [4.78, 5) is 8.74. The molecule has 2 aromatic rings. The molecule has 1 atom stereocenters. The molecule has 0 saturated heterocycles. The fourth-order valence-electron chi connectivity index (χ4n) is 2.68. The molecule has 0 spiro atoms. The Morgan fingerprint density at radius 1 is 1.35 bits per heavy atom.